The molecule has 26 heavy (non-hydrogen) atoms. The molecule has 0 atom stereocenters. The fourth-order valence-electron chi connectivity index (χ4n) is 2.50. The van der Waals surface area contributed by atoms with E-state index in [0.717, 1.165) is 23.5 Å². The number of imidazole rings is 1. The summed E-state index contributed by atoms with van der Waals surface area (Å²) in [6.45, 7) is 1.33. The van der Waals surface area contributed by atoms with Crippen LogP contribution in [0.5, 0.6) is 0 Å². The average Bonchev–Trinajstić information content (AvgIpc) is 3.09. The highest BCUT2D eigenvalue weighted by Gasteiger charge is 2.20. The Balaban J connectivity index is 1.76. The number of amides is 1. The molecule has 0 bridgehead atoms. The van der Waals surface area contributed by atoms with Gasteiger partial charge in [0.25, 0.3) is 0 Å². The summed E-state index contributed by atoms with van der Waals surface area (Å²) in [6.07, 6.45) is 7.53. The molecule has 1 N–H and O–H groups in total. The highest BCUT2D eigenvalue weighted by molar-refractivity contribution is 7.92. The molecule has 0 fully saturated rings. The Morgan fingerprint density at radius 2 is 2.08 bits per heavy atom. The molecule has 0 saturated heterocycles. The van der Waals surface area contributed by atoms with E-state index in [9.17, 15) is 17.6 Å². The molecule has 1 aromatic heterocycles. The molecule has 2 aromatic rings. The molecule has 142 valence electrons. The molecule has 0 radical (unpaired) electrons. The summed E-state index contributed by atoms with van der Waals surface area (Å²) in [5.74, 6) is -0.764. The second-order valence-electron chi connectivity index (χ2n) is 5.89. The Morgan fingerprint density at radius 1 is 1.31 bits per heavy atom. The monoisotopic (exact) mass is 382 g/mol. The van der Waals surface area contributed by atoms with Crippen LogP contribution in [-0.2, 0) is 21.4 Å². The Hall–Kier alpha value is -2.42. The lowest BCUT2D eigenvalue weighted by atomic mass is 10.2. The minimum atomic E-state index is -3.63. The third-order valence-electron chi connectivity index (χ3n) is 3.76. The molecule has 0 aliphatic carbocycles. The van der Waals surface area contributed by atoms with Gasteiger partial charge in [-0.05, 0) is 25.0 Å². The van der Waals surface area contributed by atoms with Gasteiger partial charge in [-0.1, -0.05) is 12.1 Å². The van der Waals surface area contributed by atoms with E-state index in [1.807, 2.05) is 10.8 Å². The van der Waals surface area contributed by atoms with E-state index >= 15 is 0 Å². The van der Waals surface area contributed by atoms with Crippen LogP contribution in [0.25, 0.3) is 0 Å². The fraction of sp³-hybridized carbons (Fsp3) is 0.412. The van der Waals surface area contributed by atoms with Crippen LogP contribution < -0.4 is 9.62 Å². The van der Waals surface area contributed by atoms with Crippen LogP contribution in [0.4, 0.5) is 10.1 Å². The highest BCUT2D eigenvalue weighted by Crippen LogP contribution is 2.21. The molecule has 0 saturated carbocycles. The molecule has 9 heteroatoms. The maximum Gasteiger partial charge on any atom is 0.232 e. The summed E-state index contributed by atoms with van der Waals surface area (Å²) in [4.78, 5) is 15.8. The third kappa shape index (κ3) is 6.14. The molecule has 1 heterocycles. The lowest BCUT2D eigenvalue weighted by Gasteiger charge is -2.22. The van der Waals surface area contributed by atoms with Crippen molar-refractivity contribution in [1.82, 2.24) is 14.9 Å². The molecule has 7 nitrogen and oxygen atoms in total. The van der Waals surface area contributed by atoms with Crippen molar-refractivity contribution in [2.24, 2.45) is 0 Å². The fourth-order valence-corrected chi connectivity index (χ4v) is 3.47. The molecule has 1 amide bonds. The minimum absolute atomic E-state index is 0.00394. The minimum Gasteiger partial charge on any atom is -0.356 e. The first kappa shape index (κ1) is 19.9. The molecular formula is C17H23FN4O3S. The zero-order valence-corrected chi connectivity index (χ0v) is 15.5. The first-order valence-corrected chi connectivity index (χ1v) is 10.2. The standard InChI is InChI=1S/C17H23FN4O3S/c1-26(24,25)22(16-7-3-2-6-15(16)18)12-4-8-17(23)20-9-5-11-21-13-10-19-14-21/h2-3,6-7,10,13-14H,4-5,8-9,11-12H2,1H3,(H,20,23). The van der Waals surface area contributed by atoms with Crippen LogP contribution in [0.3, 0.4) is 0 Å². The van der Waals surface area contributed by atoms with Crippen molar-refractivity contribution in [3.63, 3.8) is 0 Å². The lowest BCUT2D eigenvalue weighted by Crippen LogP contribution is -2.33. The van der Waals surface area contributed by atoms with E-state index in [0.29, 0.717) is 13.0 Å². The van der Waals surface area contributed by atoms with Crippen LogP contribution in [0, 0.1) is 5.82 Å². The highest BCUT2D eigenvalue weighted by atomic mass is 32.2. The van der Waals surface area contributed by atoms with Gasteiger partial charge in [0.1, 0.15) is 5.82 Å². The van der Waals surface area contributed by atoms with Crippen molar-refractivity contribution >= 4 is 21.6 Å². The number of aryl methyl sites for hydroxylation is 1. The van der Waals surface area contributed by atoms with Gasteiger partial charge in [-0.25, -0.2) is 17.8 Å². The number of sulfonamides is 1. The van der Waals surface area contributed by atoms with E-state index in [4.69, 9.17) is 0 Å². The smallest absolute Gasteiger partial charge is 0.232 e. The molecule has 0 aliphatic heterocycles. The van der Waals surface area contributed by atoms with E-state index in [2.05, 4.69) is 10.3 Å². The summed E-state index contributed by atoms with van der Waals surface area (Å²) < 4.78 is 40.7. The maximum atomic E-state index is 13.9. The molecule has 0 spiro atoms. The SMILES string of the molecule is CS(=O)(=O)N(CCCC(=O)NCCCn1ccnc1)c1ccccc1F. The van der Waals surface area contributed by atoms with Crippen LogP contribution >= 0.6 is 0 Å². The summed E-state index contributed by atoms with van der Waals surface area (Å²) in [6, 6.07) is 5.69. The van der Waals surface area contributed by atoms with Crippen LogP contribution in [-0.4, -0.2) is 43.2 Å². The molecule has 2 rings (SSSR count). The van der Waals surface area contributed by atoms with Gasteiger partial charge in [0.15, 0.2) is 0 Å². The summed E-state index contributed by atoms with van der Waals surface area (Å²) in [5.41, 5.74) is -0.00394. The molecule has 1 aromatic carbocycles. The normalized spacial score (nSPS) is 11.3. The zero-order chi connectivity index (χ0) is 19.0. The first-order chi connectivity index (χ1) is 12.4. The second kappa shape index (κ2) is 9.33. The number of carbonyl (C=O) groups is 1. The number of nitrogens with one attached hydrogen (secondary N) is 1. The third-order valence-corrected chi connectivity index (χ3v) is 4.94. The van der Waals surface area contributed by atoms with Gasteiger partial charge in [-0.3, -0.25) is 9.10 Å². The van der Waals surface area contributed by atoms with E-state index in [-0.39, 0.29) is 24.6 Å². The average molecular weight is 382 g/mol. The number of halogens is 1. The number of anilines is 1. The van der Waals surface area contributed by atoms with Gasteiger partial charge >= 0.3 is 0 Å². The van der Waals surface area contributed by atoms with E-state index in [1.165, 1.54) is 18.2 Å². The predicted molar refractivity (Wildman–Crippen MR) is 97.7 cm³/mol. The Kier molecular flexibility index (Phi) is 7.14. The van der Waals surface area contributed by atoms with Crippen molar-refractivity contribution in [3.8, 4) is 0 Å². The first-order valence-electron chi connectivity index (χ1n) is 8.32. The number of para-hydroxylation sites is 1. The Bertz CT molecular complexity index is 809. The lowest BCUT2D eigenvalue weighted by molar-refractivity contribution is -0.121. The van der Waals surface area contributed by atoms with Gasteiger partial charge in [0.05, 0.1) is 18.3 Å². The van der Waals surface area contributed by atoms with E-state index < -0.39 is 15.8 Å². The number of nitrogens with zero attached hydrogens (tertiary/aromatic N) is 3. The number of hydrogen-bond acceptors (Lipinski definition) is 4. The van der Waals surface area contributed by atoms with Gasteiger partial charge in [0, 0.05) is 38.4 Å². The number of hydrogen-bond donors (Lipinski definition) is 1. The maximum absolute atomic E-state index is 13.9. The Labute approximate surface area is 152 Å². The summed E-state index contributed by atoms with van der Waals surface area (Å²) in [7, 11) is -3.63. The van der Waals surface area contributed by atoms with Crippen molar-refractivity contribution < 1.29 is 17.6 Å². The van der Waals surface area contributed by atoms with Crippen molar-refractivity contribution in [2.45, 2.75) is 25.8 Å². The van der Waals surface area contributed by atoms with Crippen molar-refractivity contribution in [1.29, 1.82) is 0 Å². The zero-order valence-electron chi connectivity index (χ0n) is 14.6. The number of aromatic nitrogens is 2. The molecular weight excluding hydrogens is 359 g/mol. The molecule has 0 aliphatic rings. The van der Waals surface area contributed by atoms with Crippen molar-refractivity contribution in [2.75, 3.05) is 23.7 Å². The van der Waals surface area contributed by atoms with Crippen LogP contribution in [0.2, 0.25) is 0 Å². The van der Waals surface area contributed by atoms with Gasteiger partial charge in [-0.2, -0.15) is 0 Å². The van der Waals surface area contributed by atoms with Gasteiger partial charge in [0.2, 0.25) is 15.9 Å². The van der Waals surface area contributed by atoms with Crippen LogP contribution in [0.1, 0.15) is 19.3 Å². The van der Waals surface area contributed by atoms with Gasteiger partial charge in [-0.15, -0.1) is 0 Å². The second-order valence-corrected chi connectivity index (χ2v) is 7.80. The quantitative estimate of drug-likeness (QED) is 0.635. The number of rotatable bonds is 10. The topological polar surface area (TPSA) is 84.3 Å². The largest absolute Gasteiger partial charge is 0.356 e. The Morgan fingerprint density at radius 3 is 2.73 bits per heavy atom. The predicted octanol–water partition coefficient (Wildman–Crippen LogP) is 1.77. The van der Waals surface area contributed by atoms with Gasteiger partial charge < -0.3 is 9.88 Å². The van der Waals surface area contributed by atoms with E-state index in [1.54, 1.807) is 18.6 Å². The van der Waals surface area contributed by atoms with Crippen LogP contribution in [0.15, 0.2) is 43.0 Å². The summed E-state index contributed by atoms with van der Waals surface area (Å²) >= 11 is 0. The van der Waals surface area contributed by atoms with Crippen molar-refractivity contribution in [3.05, 3.63) is 48.8 Å². The number of carbonyl (C=O) groups excluding carboxylic acids is 1. The number of benzene rings is 1. The molecule has 0 unspecified atom stereocenters. The summed E-state index contributed by atoms with van der Waals surface area (Å²) in [5, 5.41) is 2.79.